The van der Waals surface area contributed by atoms with Crippen LogP contribution in [0.4, 0.5) is 0 Å². The minimum absolute atomic E-state index is 0.0309. The topological polar surface area (TPSA) is 209 Å². The molecule has 216 valence electrons. The molecule has 13 nitrogen and oxygen atoms in total. The van der Waals surface area contributed by atoms with Crippen LogP contribution >= 0.6 is 0 Å². The van der Waals surface area contributed by atoms with E-state index in [-0.39, 0.29) is 28.1 Å². The number of benzene rings is 2. The molecule has 0 amide bonds. The van der Waals surface area contributed by atoms with Crippen LogP contribution in [0.25, 0.3) is 22.1 Å². The van der Waals surface area contributed by atoms with Crippen LogP contribution in [0.1, 0.15) is 6.92 Å². The van der Waals surface area contributed by atoms with Gasteiger partial charge in [-0.25, -0.2) is 0 Å². The summed E-state index contributed by atoms with van der Waals surface area (Å²) in [5, 5.41) is 71.0. The highest BCUT2D eigenvalue weighted by Gasteiger charge is 2.47. The van der Waals surface area contributed by atoms with E-state index in [0.29, 0.717) is 10.9 Å². The Kier molecular flexibility index (Phi) is 8.10. The average molecular weight is 563 g/mol. The fourth-order valence-corrected chi connectivity index (χ4v) is 4.66. The monoisotopic (exact) mass is 562 g/mol. The number of aliphatic hydroxyl groups excluding tert-OH is 6. The lowest BCUT2D eigenvalue weighted by Gasteiger charge is -2.42. The lowest BCUT2D eigenvalue weighted by molar-refractivity contribution is -0.318. The Hall–Kier alpha value is -3.11. The van der Waals surface area contributed by atoms with E-state index in [1.807, 2.05) is 0 Å². The number of hydrogen-bond donors (Lipinski definition) is 7. The summed E-state index contributed by atoms with van der Waals surface area (Å²) in [5.41, 5.74) is 0.720. The lowest BCUT2D eigenvalue weighted by Crippen LogP contribution is -2.61. The molecule has 2 fully saturated rings. The van der Waals surface area contributed by atoms with E-state index in [0.717, 1.165) is 0 Å². The second kappa shape index (κ2) is 11.4. The van der Waals surface area contributed by atoms with Gasteiger partial charge >= 0.3 is 0 Å². The fraction of sp³-hybridized carbons (Fsp3) is 0.444. The van der Waals surface area contributed by atoms with E-state index in [1.54, 1.807) is 12.1 Å². The Morgan fingerprint density at radius 3 is 2.20 bits per heavy atom. The van der Waals surface area contributed by atoms with Crippen LogP contribution in [-0.4, -0.2) is 104 Å². The number of ether oxygens (including phenoxy) is 4. The summed E-state index contributed by atoms with van der Waals surface area (Å²) in [6.07, 6.45) is -12.9. The third-order valence-corrected chi connectivity index (χ3v) is 7.08. The van der Waals surface area contributed by atoms with E-state index in [4.69, 9.17) is 23.4 Å². The van der Waals surface area contributed by atoms with Crippen molar-refractivity contribution < 1.29 is 59.1 Å². The van der Waals surface area contributed by atoms with Gasteiger partial charge in [0, 0.05) is 6.07 Å². The first-order chi connectivity index (χ1) is 19.0. The normalized spacial score (nSPS) is 34.6. The van der Waals surface area contributed by atoms with Gasteiger partial charge in [0.15, 0.2) is 11.7 Å². The standard InChI is InChI=1S/C27H30O13/c1-11-19(29)22(32)24(34)26(38-11)37-10-18-21(31)23(33)25(35)27(40-18)39-14-5-2-12(3-6-14)16-9-36-17-8-13(28)4-7-15(17)20(16)30/h2-9,11,18-19,21-29,31-35H,10H2,1H3/t11-,18+,19-,21+,22+,23-,24+,25+,26+,27+/m0/s1. The largest absolute Gasteiger partial charge is 0.508 e. The molecule has 13 heteroatoms. The molecule has 3 heterocycles. The van der Waals surface area contributed by atoms with Crippen LogP contribution in [0.3, 0.4) is 0 Å². The molecule has 7 N–H and O–H groups in total. The molecule has 0 saturated carbocycles. The number of rotatable bonds is 6. The maximum absolute atomic E-state index is 12.9. The van der Waals surface area contributed by atoms with Gasteiger partial charge in [0.05, 0.1) is 23.7 Å². The van der Waals surface area contributed by atoms with Crippen molar-refractivity contribution in [3.05, 3.63) is 59.0 Å². The molecular weight excluding hydrogens is 532 g/mol. The molecule has 0 spiro atoms. The molecule has 2 aliphatic heterocycles. The quantitative estimate of drug-likeness (QED) is 0.196. The molecule has 5 rings (SSSR count). The Morgan fingerprint density at radius 2 is 1.48 bits per heavy atom. The van der Waals surface area contributed by atoms with E-state index >= 15 is 0 Å². The fourth-order valence-electron chi connectivity index (χ4n) is 4.66. The summed E-state index contributed by atoms with van der Waals surface area (Å²) >= 11 is 0. The summed E-state index contributed by atoms with van der Waals surface area (Å²) in [6.45, 7) is 1.06. The van der Waals surface area contributed by atoms with Crippen LogP contribution in [0.5, 0.6) is 11.5 Å². The van der Waals surface area contributed by atoms with Gasteiger partial charge < -0.3 is 59.1 Å². The molecule has 0 aliphatic carbocycles. The van der Waals surface area contributed by atoms with E-state index in [1.165, 1.54) is 43.5 Å². The van der Waals surface area contributed by atoms with Crippen molar-refractivity contribution in [3.63, 3.8) is 0 Å². The molecule has 3 aromatic rings. The minimum Gasteiger partial charge on any atom is -0.508 e. The van der Waals surface area contributed by atoms with Crippen molar-refractivity contribution in [1.29, 1.82) is 0 Å². The molecule has 40 heavy (non-hydrogen) atoms. The summed E-state index contributed by atoms with van der Waals surface area (Å²) in [4.78, 5) is 12.9. The van der Waals surface area contributed by atoms with Crippen molar-refractivity contribution in [2.75, 3.05) is 6.61 Å². The average Bonchev–Trinajstić information content (AvgIpc) is 2.94. The van der Waals surface area contributed by atoms with Gasteiger partial charge in [-0.15, -0.1) is 0 Å². The van der Waals surface area contributed by atoms with Gasteiger partial charge in [0.2, 0.25) is 6.29 Å². The van der Waals surface area contributed by atoms with Crippen molar-refractivity contribution in [1.82, 2.24) is 0 Å². The molecule has 0 bridgehead atoms. The molecular formula is C27H30O13. The third kappa shape index (κ3) is 5.43. The van der Waals surface area contributed by atoms with Crippen molar-refractivity contribution in [3.8, 4) is 22.6 Å². The predicted octanol–water partition coefficient (Wildman–Crippen LogP) is -0.804. The first-order valence-corrected chi connectivity index (χ1v) is 12.6. The van der Waals surface area contributed by atoms with Gasteiger partial charge in [-0.3, -0.25) is 4.79 Å². The van der Waals surface area contributed by atoms with Crippen LogP contribution in [-0.2, 0) is 14.2 Å². The van der Waals surface area contributed by atoms with Gasteiger partial charge in [0.25, 0.3) is 0 Å². The number of phenolic OH excluding ortho intramolecular Hbond substituents is 1. The van der Waals surface area contributed by atoms with E-state index in [2.05, 4.69) is 0 Å². The maximum atomic E-state index is 12.9. The highest BCUT2D eigenvalue weighted by Crippen LogP contribution is 2.29. The zero-order valence-electron chi connectivity index (χ0n) is 21.2. The lowest BCUT2D eigenvalue weighted by atomic mass is 9.98. The van der Waals surface area contributed by atoms with Crippen molar-refractivity contribution in [2.45, 2.75) is 68.3 Å². The van der Waals surface area contributed by atoms with E-state index < -0.39 is 68.0 Å². The molecule has 0 unspecified atom stereocenters. The molecule has 10 atom stereocenters. The Bertz CT molecular complexity index is 1380. The predicted molar refractivity (Wildman–Crippen MR) is 135 cm³/mol. The first-order valence-electron chi connectivity index (χ1n) is 12.6. The number of hydrogen-bond acceptors (Lipinski definition) is 13. The number of phenols is 1. The molecule has 2 aromatic carbocycles. The van der Waals surface area contributed by atoms with Gasteiger partial charge in [-0.1, -0.05) is 12.1 Å². The smallest absolute Gasteiger partial charge is 0.229 e. The summed E-state index contributed by atoms with van der Waals surface area (Å²) in [5.74, 6) is 0.180. The van der Waals surface area contributed by atoms with Crippen LogP contribution < -0.4 is 10.2 Å². The summed E-state index contributed by atoms with van der Waals surface area (Å²) in [7, 11) is 0. The maximum Gasteiger partial charge on any atom is 0.229 e. The second-order valence-corrected chi connectivity index (χ2v) is 9.83. The van der Waals surface area contributed by atoms with Gasteiger partial charge in [-0.05, 0) is 36.8 Å². The van der Waals surface area contributed by atoms with Crippen LogP contribution in [0.15, 0.2) is 57.9 Å². The number of fused-ring (bicyclic) bond motifs is 1. The third-order valence-electron chi connectivity index (χ3n) is 7.08. The summed E-state index contributed by atoms with van der Waals surface area (Å²) in [6, 6.07) is 10.4. The van der Waals surface area contributed by atoms with Crippen LogP contribution in [0, 0.1) is 0 Å². The van der Waals surface area contributed by atoms with Crippen LogP contribution in [0.2, 0.25) is 0 Å². The SMILES string of the molecule is C[C@@H]1O[C@@H](OC[C@H]2O[C@@H](Oc3ccc(-c4coc5cc(O)ccc5c4=O)cc3)[C@H](O)[C@@H](O)[C@@H]2O)[C@H](O)[C@H](O)[C@H]1O. The Labute approximate surface area is 227 Å². The highest BCUT2D eigenvalue weighted by atomic mass is 16.7. The van der Waals surface area contributed by atoms with Crippen molar-refractivity contribution >= 4 is 11.0 Å². The highest BCUT2D eigenvalue weighted by molar-refractivity contribution is 5.82. The second-order valence-electron chi connectivity index (χ2n) is 9.83. The molecule has 0 radical (unpaired) electrons. The zero-order chi connectivity index (χ0) is 28.7. The van der Waals surface area contributed by atoms with E-state index in [9.17, 15) is 40.5 Å². The number of aromatic hydroxyl groups is 1. The Morgan fingerprint density at radius 1 is 0.800 bits per heavy atom. The first kappa shape index (κ1) is 28.4. The Balaban J connectivity index is 1.26. The van der Waals surface area contributed by atoms with Gasteiger partial charge in [-0.2, -0.15) is 0 Å². The van der Waals surface area contributed by atoms with Gasteiger partial charge in [0.1, 0.15) is 66.1 Å². The molecule has 2 saturated heterocycles. The molecule has 1 aromatic heterocycles. The molecule has 2 aliphatic rings. The zero-order valence-corrected chi connectivity index (χ0v) is 21.2. The summed E-state index contributed by atoms with van der Waals surface area (Å²) < 4.78 is 27.6. The van der Waals surface area contributed by atoms with Crippen molar-refractivity contribution in [2.24, 2.45) is 0 Å². The minimum atomic E-state index is -1.67. The number of aliphatic hydroxyl groups is 6.